The zero-order valence-corrected chi connectivity index (χ0v) is 21.3. The van der Waals surface area contributed by atoms with Gasteiger partial charge in [0, 0.05) is 5.56 Å². The van der Waals surface area contributed by atoms with Gasteiger partial charge in [0.25, 0.3) is 0 Å². The summed E-state index contributed by atoms with van der Waals surface area (Å²) >= 11 is 0. The lowest BCUT2D eigenvalue weighted by Crippen LogP contribution is -2.42. The molecule has 4 aromatic carbocycles. The van der Waals surface area contributed by atoms with Crippen LogP contribution in [0.2, 0.25) is 0 Å². The first-order chi connectivity index (χ1) is 18.7. The number of nitrogens with zero attached hydrogens (tertiary/aromatic N) is 5. The van der Waals surface area contributed by atoms with Crippen LogP contribution in [0.5, 0.6) is 5.75 Å². The Bertz CT molecular complexity index is 1660. The van der Waals surface area contributed by atoms with Gasteiger partial charge in [-0.1, -0.05) is 72.8 Å². The van der Waals surface area contributed by atoms with Gasteiger partial charge >= 0.3 is 0 Å². The lowest BCUT2D eigenvalue weighted by atomic mass is 9.95. The standard InChI is InChI=1S/C32H27N5O/c1-22-29-30(24-14-11-17-26(20-24)38-2)36-28-19-10-9-18-27(28)35(21-23-12-5-3-6-13-23)32(36)33-31(29)37(34-22)25-15-7-4-8-16-25/h3-20,30H,21H2,1-2H3. The minimum atomic E-state index is -0.119. The Balaban J connectivity index is 1.49. The highest BCUT2D eigenvalue weighted by atomic mass is 16.5. The molecule has 5 aromatic rings. The zero-order chi connectivity index (χ0) is 25.6. The second kappa shape index (κ2) is 8.92. The molecule has 0 fully saturated rings. The first-order valence-corrected chi connectivity index (χ1v) is 12.8. The highest BCUT2D eigenvalue weighted by Gasteiger charge is 2.44. The maximum atomic E-state index is 5.64. The van der Waals surface area contributed by atoms with E-state index in [9.17, 15) is 0 Å². The van der Waals surface area contributed by atoms with Gasteiger partial charge in [-0.15, -0.1) is 0 Å². The number of rotatable bonds is 5. The number of aryl methyl sites for hydroxylation is 1. The highest BCUT2D eigenvalue weighted by Crippen LogP contribution is 2.51. The van der Waals surface area contributed by atoms with E-state index in [2.05, 4.69) is 102 Å². The molecule has 186 valence electrons. The number of hydrogen-bond acceptors (Lipinski definition) is 5. The molecular formula is C32H27N5O. The Kier molecular flexibility index (Phi) is 5.25. The molecule has 0 saturated carbocycles. The molecule has 2 aliphatic heterocycles. The van der Waals surface area contributed by atoms with Crippen LogP contribution in [0.15, 0.2) is 114 Å². The van der Waals surface area contributed by atoms with Gasteiger partial charge in [-0.05, 0) is 54.4 Å². The van der Waals surface area contributed by atoms with Gasteiger partial charge in [0.05, 0.1) is 42.5 Å². The lowest BCUT2D eigenvalue weighted by Gasteiger charge is -2.35. The molecule has 2 aliphatic rings. The summed E-state index contributed by atoms with van der Waals surface area (Å²) in [6, 6.07) is 37.6. The van der Waals surface area contributed by atoms with E-state index in [4.69, 9.17) is 14.8 Å². The minimum absolute atomic E-state index is 0.119. The molecule has 1 unspecified atom stereocenters. The highest BCUT2D eigenvalue weighted by molar-refractivity contribution is 6.18. The first-order valence-electron chi connectivity index (χ1n) is 12.8. The molecular weight excluding hydrogens is 470 g/mol. The number of fused-ring (bicyclic) bond motifs is 4. The van der Waals surface area contributed by atoms with Gasteiger partial charge in [-0.25, -0.2) is 4.68 Å². The molecule has 7 rings (SSSR count). The predicted octanol–water partition coefficient (Wildman–Crippen LogP) is 6.81. The third kappa shape index (κ3) is 3.49. The maximum absolute atomic E-state index is 5.64. The summed E-state index contributed by atoms with van der Waals surface area (Å²) in [5.74, 6) is 2.58. The van der Waals surface area contributed by atoms with Crippen LogP contribution in [-0.2, 0) is 6.54 Å². The molecule has 0 aliphatic carbocycles. The summed E-state index contributed by atoms with van der Waals surface area (Å²) in [6.07, 6.45) is 0. The monoisotopic (exact) mass is 497 g/mol. The summed E-state index contributed by atoms with van der Waals surface area (Å²) < 4.78 is 7.62. The third-order valence-corrected chi connectivity index (χ3v) is 7.30. The molecule has 0 amide bonds. The fourth-order valence-corrected chi connectivity index (χ4v) is 5.59. The number of ether oxygens (including phenoxy) is 1. The lowest BCUT2D eigenvalue weighted by molar-refractivity contribution is 0.414. The van der Waals surface area contributed by atoms with Crippen LogP contribution < -0.4 is 14.5 Å². The fourth-order valence-electron chi connectivity index (χ4n) is 5.59. The predicted molar refractivity (Wildman–Crippen MR) is 152 cm³/mol. The largest absolute Gasteiger partial charge is 0.497 e. The van der Waals surface area contributed by atoms with Gasteiger partial charge in [-0.2, -0.15) is 10.1 Å². The molecule has 1 atom stereocenters. The zero-order valence-electron chi connectivity index (χ0n) is 21.3. The molecule has 1 aromatic heterocycles. The number of methoxy groups -OCH3 is 1. The Morgan fingerprint density at radius 2 is 1.50 bits per heavy atom. The van der Waals surface area contributed by atoms with Crippen molar-refractivity contribution >= 4 is 23.2 Å². The number of aliphatic imine (C=N–C) groups is 1. The SMILES string of the molecule is COc1cccc(C2c3c(C)nn(-c4ccccc4)c3N=C3N(Cc4ccccc4)c4ccccc4N32)c1. The normalized spacial score (nSPS) is 15.5. The number of aromatic nitrogens is 2. The average molecular weight is 498 g/mol. The Labute approximate surface area is 222 Å². The van der Waals surface area contributed by atoms with E-state index in [0.717, 1.165) is 51.4 Å². The number of hydrogen-bond donors (Lipinski definition) is 0. The molecule has 38 heavy (non-hydrogen) atoms. The average Bonchev–Trinajstić information content (AvgIpc) is 3.47. The van der Waals surface area contributed by atoms with Gasteiger partial charge in [-0.3, -0.25) is 4.90 Å². The Morgan fingerprint density at radius 1 is 0.789 bits per heavy atom. The molecule has 0 bridgehead atoms. The Hall–Kier alpha value is -4.84. The van der Waals surface area contributed by atoms with Crippen LogP contribution in [0.4, 0.5) is 17.2 Å². The van der Waals surface area contributed by atoms with Crippen molar-refractivity contribution in [1.82, 2.24) is 9.78 Å². The maximum Gasteiger partial charge on any atom is 0.213 e. The molecule has 3 heterocycles. The van der Waals surface area contributed by atoms with Crippen LogP contribution >= 0.6 is 0 Å². The third-order valence-electron chi connectivity index (χ3n) is 7.30. The quantitative estimate of drug-likeness (QED) is 0.268. The van der Waals surface area contributed by atoms with Crippen molar-refractivity contribution in [3.63, 3.8) is 0 Å². The smallest absolute Gasteiger partial charge is 0.213 e. The molecule has 0 spiro atoms. The second-order valence-corrected chi connectivity index (χ2v) is 9.59. The van der Waals surface area contributed by atoms with Gasteiger partial charge < -0.3 is 9.64 Å². The summed E-state index contributed by atoms with van der Waals surface area (Å²) in [5, 5.41) is 5.01. The fraction of sp³-hybridized carbons (Fsp3) is 0.125. The van der Waals surface area contributed by atoms with Gasteiger partial charge in [0.2, 0.25) is 5.96 Å². The van der Waals surface area contributed by atoms with Crippen molar-refractivity contribution < 1.29 is 4.74 Å². The second-order valence-electron chi connectivity index (χ2n) is 9.59. The van der Waals surface area contributed by atoms with Crippen LogP contribution in [-0.4, -0.2) is 22.8 Å². The number of guanidine groups is 1. The van der Waals surface area contributed by atoms with Gasteiger partial charge in [0.1, 0.15) is 5.75 Å². The Morgan fingerprint density at radius 3 is 2.26 bits per heavy atom. The van der Waals surface area contributed by atoms with Crippen molar-refractivity contribution in [2.45, 2.75) is 19.5 Å². The topological polar surface area (TPSA) is 45.9 Å². The van der Waals surface area contributed by atoms with Crippen molar-refractivity contribution in [3.8, 4) is 11.4 Å². The summed E-state index contributed by atoms with van der Waals surface area (Å²) in [7, 11) is 1.71. The van der Waals surface area contributed by atoms with E-state index in [-0.39, 0.29) is 6.04 Å². The van der Waals surface area contributed by atoms with Gasteiger partial charge in [0.15, 0.2) is 5.82 Å². The minimum Gasteiger partial charge on any atom is -0.497 e. The van der Waals surface area contributed by atoms with E-state index in [1.807, 2.05) is 28.9 Å². The summed E-state index contributed by atoms with van der Waals surface area (Å²) in [4.78, 5) is 10.0. The van der Waals surface area contributed by atoms with E-state index in [0.29, 0.717) is 6.54 Å². The molecule has 6 nitrogen and oxygen atoms in total. The van der Waals surface area contributed by atoms with Crippen LogP contribution in [0, 0.1) is 6.92 Å². The van der Waals surface area contributed by atoms with Crippen molar-refractivity contribution in [3.05, 3.63) is 132 Å². The van der Waals surface area contributed by atoms with Crippen LogP contribution in [0.3, 0.4) is 0 Å². The van der Waals surface area contributed by atoms with Crippen molar-refractivity contribution in [2.24, 2.45) is 4.99 Å². The molecule has 0 saturated heterocycles. The van der Waals surface area contributed by atoms with Crippen molar-refractivity contribution in [2.75, 3.05) is 16.9 Å². The van der Waals surface area contributed by atoms with Crippen molar-refractivity contribution in [1.29, 1.82) is 0 Å². The van der Waals surface area contributed by atoms with Crippen LogP contribution in [0.1, 0.15) is 28.4 Å². The molecule has 0 radical (unpaired) electrons. The van der Waals surface area contributed by atoms with E-state index in [1.54, 1.807) is 7.11 Å². The molecule has 0 N–H and O–H groups in total. The van der Waals surface area contributed by atoms with E-state index >= 15 is 0 Å². The van der Waals surface area contributed by atoms with E-state index < -0.39 is 0 Å². The number of para-hydroxylation sites is 3. The first kappa shape index (κ1) is 22.4. The summed E-state index contributed by atoms with van der Waals surface area (Å²) in [6.45, 7) is 2.79. The van der Waals surface area contributed by atoms with Crippen LogP contribution in [0.25, 0.3) is 5.69 Å². The molecule has 6 heteroatoms. The number of benzene rings is 4. The summed E-state index contributed by atoms with van der Waals surface area (Å²) in [5.41, 5.74) is 7.68. The number of anilines is 2. The van der Waals surface area contributed by atoms with E-state index in [1.165, 1.54) is 5.56 Å².